The van der Waals surface area contributed by atoms with E-state index in [0.717, 1.165) is 18.5 Å². The lowest BCUT2D eigenvalue weighted by Crippen LogP contribution is -2.11. The molecule has 1 heterocycles. The molecule has 0 amide bonds. The highest BCUT2D eigenvalue weighted by Crippen LogP contribution is 2.37. The van der Waals surface area contributed by atoms with E-state index in [1.807, 2.05) is 13.8 Å². The number of hydrogen-bond donors (Lipinski definition) is 0. The van der Waals surface area contributed by atoms with Gasteiger partial charge in [-0.05, 0) is 33.1 Å². The van der Waals surface area contributed by atoms with Crippen molar-refractivity contribution in [3.05, 3.63) is 17.0 Å². The lowest BCUT2D eigenvalue weighted by Gasteiger charge is -2.08. The van der Waals surface area contributed by atoms with Gasteiger partial charge in [0.1, 0.15) is 0 Å². The summed E-state index contributed by atoms with van der Waals surface area (Å²) >= 11 is 0. The van der Waals surface area contributed by atoms with Gasteiger partial charge in [-0.1, -0.05) is 0 Å². The molecule has 1 aromatic rings. The minimum absolute atomic E-state index is 0.00653. The van der Waals surface area contributed by atoms with Crippen LogP contribution in [0.2, 0.25) is 0 Å². The first-order chi connectivity index (χ1) is 6.91. The van der Waals surface area contributed by atoms with Crippen LogP contribution in [0.3, 0.4) is 0 Å². The normalized spacial score (nSPS) is 16.1. The molecule has 84 valence electrons. The van der Waals surface area contributed by atoms with Gasteiger partial charge in [-0.25, -0.2) is 0 Å². The second-order valence-electron chi connectivity index (χ2n) is 4.16. The van der Waals surface area contributed by atoms with Crippen LogP contribution in [-0.4, -0.2) is 9.78 Å². The summed E-state index contributed by atoms with van der Waals surface area (Å²) in [6, 6.07) is -0.00653. The minimum Gasteiger partial charge on any atom is -0.266 e. The molecule has 0 aliphatic heterocycles. The fourth-order valence-corrected chi connectivity index (χ4v) is 2.12. The maximum Gasteiger partial charge on any atom is 0.435 e. The van der Waals surface area contributed by atoms with Crippen LogP contribution in [0.4, 0.5) is 13.2 Å². The molecule has 2 rings (SSSR count). The summed E-state index contributed by atoms with van der Waals surface area (Å²) in [5.41, 5.74) is 0.511. The summed E-state index contributed by atoms with van der Waals surface area (Å²) < 4.78 is 39.5. The van der Waals surface area contributed by atoms with E-state index in [4.69, 9.17) is 0 Å². The van der Waals surface area contributed by atoms with Crippen molar-refractivity contribution in [1.29, 1.82) is 0 Å². The van der Waals surface area contributed by atoms with Crippen LogP contribution in [0, 0.1) is 0 Å². The maximum absolute atomic E-state index is 12.6. The first-order valence-corrected chi connectivity index (χ1v) is 5.08. The van der Waals surface area contributed by atoms with Crippen molar-refractivity contribution < 1.29 is 13.2 Å². The van der Waals surface area contributed by atoms with Crippen LogP contribution in [0.25, 0.3) is 0 Å². The van der Waals surface area contributed by atoms with E-state index in [0.29, 0.717) is 12.0 Å². The zero-order chi connectivity index (χ0) is 11.2. The Labute approximate surface area is 86.1 Å². The Morgan fingerprint density at radius 1 is 1.27 bits per heavy atom. The van der Waals surface area contributed by atoms with Gasteiger partial charge in [0, 0.05) is 17.3 Å². The summed E-state index contributed by atoms with van der Waals surface area (Å²) in [5.74, 6) is 0. The Hall–Kier alpha value is -1.00. The Morgan fingerprint density at radius 2 is 1.93 bits per heavy atom. The zero-order valence-corrected chi connectivity index (χ0v) is 8.73. The summed E-state index contributed by atoms with van der Waals surface area (Å²) in [6.07, 6.45) is -2.27. The minimum atomic E-state index is -4.31. The first kappa shape index (κ1) is 10.5. The molecule has 2 nitrogen and oxygen atoms in total. The summed E-state index contributed by atoms with van der Waals surface area (Å²) in [7, 11) is 0. The molecule has 1 aromatic heterocycles. The molecule has 0 radical (unpaired) electrons. The molecule has 0 saturated heterocycles. The number of fused-ring (bicyclic) bond motifs is 1. The van der Waals surface area contributed by atoms with Gasteiger partial charge in [0.05, 0.1) is 0 Å². The number of nitrogens with zero attached hydrogens (tertiary/aromatic N) is 2. The largest absolute Gasteiger partial charge is 0.435 e. The molecular weight excluding hydrogens is 205 g/mol. The fraction of sp³-hybridized carbons (Fsp3) is 0.700. The van der Waals surface area contributed by atoms with Crippen molar-refractivity contribution >= 4 is 0 Å². The van der Waals surface area contributed by atoms with Gasteiger partial charge in [-0.3, -0.25) is 4.68 Å². The van der Waals surface area contributed by atoms with E-state index in [2.05, 4.69) is 5.10 Å². The van der Waals surface area contributed by atoms with Gasteiger partial charge in [0.25, 0.3) is 0 Å². The second kappa shape index (κ2) is 3.25. The van der Waals surface area contributed by atoms with Crippen LogP contribution in [0.1, 0.15) is 43.3 Å². The van der Waals surface area contributed by atoms with Gasteiger partial charge in [-0.15, -0.1) is 0 Å². The smallest absolute Gasteiger partial charge is 0.266 e. The highest BCUT2D eigenvalue weighted by atomic mass is 19.4. The second-order valence-corrected chi connectivity index (χ2v) is 4.16. The fourth-order valence-electron chi connectivity index (χ4n) is 2.12. The molecular formula is C10H13F3N2. The lowest BCUT2D eigenvalue weighted by atomic mass is 10.2. The predicted octanol–water partition coefficient (Wildman–Crippen LogP) is 2.97. The van der Waals surface area contributed by atoms with Gasteiger partial charge < -0.3 is 0 Å². The van der Waals surface area contributed by atoms with Crippen molar-refractivity contribution in [2.24, 2.45) is 0 Å². The van der Waals surface area contributed by atoms with Crippen LogP contribution in [0.15, 0.2) is 0 Å². The van der Waals surface area contributed by atoms with Crippen molar-refractivity contribution in [3.8, 4) is 0 Å². The number of aromatic nitrogens is 2. The van der Waals surface area contributed by atoms with E-state index in [1.165, 1.54) is 4.68 Å². The van der Waals surface area contributed by atoms with E-state index in [-0.39, 0.29) is 6.04 Å². The van der Waals surface area contributed by atoms with Crippen LogP contribution < -0.4 is 0 Å². The summed E-state index contributed by atoms with van der Waals surface area (Å²) in [5, 5.41) is 3.69. The van der Waals surface area contributed by atoms with E-state index < -0.39 is 11.9 Å². The summed E-state index contributed by atoms with van der Waals surface area (Å²) in [6.45, 7) is 3.71. The topological polar surface area (TPSA) is 17.8 Å². The third-order valence-corrected chi connectivity index (χ3v) is 2.72. The van der Waals surface area contributed by atoms with Gasteiger partial charge >= 0.3 is 6.18 Å². The van der Waals surface area contributed by atoms with Crippen molar-refractivity contribution in [2.45, 2.75) is 45.3 Å². The van der Waals surface area contributed by atoms with E-state index >= 15 is 0 Å². The quantitative estimate of drug-likeness (QED) is 0.708. The third-order valence-electron chi connectivity index (χ3n) is 2.72. The number of halogens is 3. The molecule has 0 unspecified atom stereocenters. The van der Waals surface area contributed by atoms with Crippen molar-refractivity contribution in [2.75, 3.05) is 0 Å². The lowest BCUT2D eigenvalue weighted by molar-refractivity contribution is -0.142. The van der Waals surface area contributed by atoms with Crippen molar-refractivity contribution in [3.63, 3.8) is 0 Å². The average Bonchev–Trinajstić information content (AvgIpc) is 2.57. The van der Waals surface area contributed by atoms with E-state index in [1.54, 1.807) is 0 Å². The average molecular weight is 218 g/mol. The number of hydrogen-bond acceptors (Lipinski definition) is 1. The molecule has 0 N–H and O–H groups in total. The summed E-state index contributed by atoms with van der Waals surface area (Å²) in [4.78, 5) is 0. The SMILES string of the molecule is CC(C)n1nc(C(F)(F)F)c2c1CCC2. The van der Waals surface area contributed by atoms with Crippen molar-refractivity contribution in [1.82, 2.24) is 9.78 Å². The Morgan fingerprint density at radius 3 is 2.47 bits per heavy atom. The highest BCUT2D eigenvalue weighted by Gasteiger charge is 2.40. The molecule has 1 aliphatic carbocycles. The highest BCUT2D eigenvalue weighted by molar-refractivity contribution is 5.32. The van der Waals surface area contributed by atoms with Gasteiger partial charge in [0.2, 0.25) is 0 Å². The van der Waals surface area contributed by atoms with Crippen LogP contribution in [0.5, 0.6) is 0 Å². The molecule has 0 saturated carbocycles. The van der Waals surface area contributed by atoms with Crippen LogP contribution in [-0.2, 0) is 19.0 Å². The Kier molecular flexibility index (Phi) is 2.28. The molecule has 0 spiro atoms. The Balaban J connectivity index is 2.54. The maximum atomic E-state index is 12.6. The van der Waals surface area contributed by atoms with E-state index in [9.17, 15) is 13.2 Å². The Bertz CT molecular complexity index is 377. The molecule has 1 aliphatic rings. The standard InChI is InChI=1S/C10H13F3N2/c1-6(2)15-8-5-3-4-7(8)9(14-15)10(11,12)13/h6H,3-5H2,1-2H3. The zero-order valence-electron chi connectivity index (χ0n) is 8.73. The molecule has 5 heteroatoms. The molecule has 0 aromatic carbocycles. The monoisotopic (exact) mass is 218 g/mol. The number of rotatable bonds is 1. The number of alkyl halides is 3. The molecule has 15 heavy (non-hydrogen) atoms. The first-order valence-electron chi connectivity index (χ1n) is 5.08. The van der Waals surface area contributed by atoms with Gasteiger partial charge in [0.15, 0.2) is 5.69 Å². The predicted molar refractivity (Wildman–Crippen MR) is 49.6 cm³/mol. The molecule has 0 bridgehead atoms. The molecule has 0 fully saturated rings. The molecule has 0 atom stereocenters. The van der Waals surface area contributed by atoms with Crippen LogP contribution >= 0.6 is 0 Å². The third kappa shape index (κ3) is 1.64. The van der Waals surface area contributed by atoms with Gasteiger partial charge in [-0.2, -0.15) is 18.3 Å².